The molecule has 1 aliphatic rings. The van der Waals surface area contributed by atoms with Crippen LogP contribution in [0, 0.1) is 5.82 Å². The van der Waals surface area contributed by atoms with Gasteiger partial charge >= 0.3 is 0 Å². The molecule has 0 aromatic heterocycles. The Morgan fingerprint density at radius 1 is 1.56 bits per heavy atom. The van der Waals surface area contributed by atoms with E-state index in [1.54, 1.807) is 6.07 Å². The van der Waals surface area contributed by atoms with Crippen molar-refractivity contribution in [2.45, 2.75) is 38.4 Å². The van der Waals surface area contributed by atoms with Crippen LogP contribution in [0.25, 0.3) is 0 Å². The summed E-state index contributed by atoms with van der Waals surface area (Å²) in [6.07, 6.45) is 2.13. The van der Waals surface area contributed by atoms with Gasteiger partial charge in [0.25, 0.3) is 0 Å². The number of aliphatic hydroxyl groups is 1. The Morgan fingerprint density at radius 3 is 3.17 bits per heavy atom. The van der Waals surface area contributed by atoms with Crippen molar-refractivity contribution in [3.05, 3.63) is 29.6 Å². The zero-order chi connectivity index (χ0) is 13.0. The van der Waals surface area contributed by atoms with E-state index in [-0.39, 0.29) is 18.0 Å². The van der Waals surface area contributed by atoms with Crippen LogP contribution in [0.2, 0.25) is 0 Å². The van der Waals surface area contributed by atoms with Gasteiger partial charge in [-0.15, -0.1) is 0 Å². The number of ether oxygens (including phenoxy) is 1. The Hall–Kier alpha value is -1.13. The maximum atomic E-state index is 13.0. The molecule has 1 aliphatic heterocycles. The standard InChI is InChI=1S/C14H20FNO2/c1-2-12(17)5-6-16-9-13-8-10-7-11(15)3-4-14(10)18-13/h3-4,7,12-13,16-17H,2,5-6,8-9H2,1H3. The quantitative estimate of drug-likeness (QED) is 0.761. The van der Waals surface area contributed by atoms with Crippen molar-refractivity contribution in [3.8, 4) is 5.75 Å². The molecule has 0 amide bonds. The van der Waals surface area contributed by atoms with E-state index in [0.29, 0.717) is 0 Å². The van der Waals surface area contributed by atoms with Gasteiger partial charge in [-0.25, -0.2) is 4.39 Å². The first-order valence-corrected chi connectivity index (χ1v) is 6.53. The summed E-state index contributed by atoms with van der Waals surface area (Å²) in [5.74, 6) is 0.578. The van der Waals surface area contributed by atoms with Crippen molar-refractivity contribution < 1.29 is 14.2 Å². The number of halogens is 1. The first-order chi connectivity index (χ1) is 8.69. The van der Waals surface area contributed by atoms with E-state index in [1.165, 1.54) is 12.1 Å². The van der Waals surface area contributed by atoms with Crippen LogP contribution in [-0.2, 0) is 6.42 Å². The lowest BCUT2D eigenvalue weighted by molar-refractivity contribution is 0.157. The van der Waals surface area contributed by atoms with Gasteiger partial charge in [0, 0.05) is 18.5 Å². The molecular weight excluding hydrogens is 233 g/mol. The molecule has 100 valence electrons. The molecule has 2 rings (SSSR count). The fourth-order valence-corrected chi connectivity index (χ4v) is 2.14. The number of hydrogen-bond acceptors (Lipinski definition) is 3. The van der Waals surface area contributed by atoms with Crippen LogP contribution in [-0.4, -0.2) is 30.4 Å². The summed E-state index contributed by atoms with van der Waals surface area (Å²) >= 11 is 0. The summed E-state index contributed by atoms with van der Waals surface area (Å²) in [7, 11) is 0. The highest BCUT2D eigenvalue weighted by Gasteiger charge is 2.22. The molecule has 2 unspecified atom stereocenters. The van der Waals surface area contributed by atoms with Crippen molar-refractivity contribution in [1.82, 2.24) is 5.32 Å². The summed E-state index contributed by atoms with van der Waals surface area (Å²) in [4.78, 5) is 0. The number of benzene rings is 1. The Morgan fingerprint density at radius 2 is 2.39 bits per heavy atom. The third-order valence-corrected chi connectivity index (χ3v) is 3.26. The molecule has 4 heteroatoms. The first kappa shape index (κ1) is 13.3. The van der Waals surface area contributed by atoms with Gasteiger partial charge in [-0.05, 0) is 37.6 Å². The normalized spacial score (nSPS) is 19.4. The zero-order valence-corrected chi connectivity index (χ0v) is 10.7. The molecule has 1 heterocycles. The van der Waals surface area contributed by atoms with Gasteiger partial charge in [0.15, 0.2) is 0 Å². The summed E-state index contributed by atoms with van der Waals surface area (Å²) in [6, 6.07) is 4.65. The van der Waals surface area contributed by atoms with Gasteiger partial charge in [0.2, 0.25) is 0 Å². The summed E-state index contributed by atoms with van der Waals surface area (Å²) in [5, 5.41) is 12.7. The molecule has 0 fully saturated rings. The maximum absolute atomic E-state index is 13.0. The molecule has 0 aliphatic carbocycles. The van der Waals surface area contributed by atoms with Gasteiger partial charge in [0.05, 0.1) is 6.10 Å². The molecule has 0 saturated carbocycles. The van der Waals surface area contributed by atoms with Crippen molar-refractivity contribution in [2.24, 2.45) is 0 Å². The molecular formula is C14H20FNO2. The molecule has 18 heavy (non-hydrogen) atoms. The minimum Gasteiger partial charge on any atom is -0.488 e. The largest absolute Gasteiger partial charge is 0.488 e. The van der Waals surface area contributed by atoms with Crippen molar-refractivity contribution in [3.63, 3.8) is 0 Å². The Balaban J connectivity index is 1.71. The second kappa shape index (κ2) is 6.16. The summed E-state index contributed by atoms with van der Waals surface area (Å²) < 4.78 is 18.7. The molecule has 0 saturated heterocycles. The van der Waals surface area contributed by atoms with E-state index in [2.05, 4.69) is 5.32 Å². The molecule has 2 atom stereocenters. The van der Waals surface area contributed by atoms with E-state index < -0.39 is 0 Å². The van der Waals surface area contributed by atoms with Gasteiger partial charge in [-0.3, -0.25) is 0 Å². The fourth-order valence-electron chi connectivity index (χ4n) is 2.14. The predicted molar refractivity (Wildman–Crippen MR) is 68.3 cm³/mol. The lowest BCUT2D eigenvalue weighted by Crippen LogP contribution is -2.31. The highest BCUT2D eigenvalue weighted by molar-refractivity contribution is 5.37. The van der Waals surface area contributed by atoms with Crippen molar-refractivity contribution in [2.75, 3.05) is 13.1 Å². The molecule has 0 spiro atoms. The zero-order valence-electron chi connectivity index (χ0n) is 10.7. The van der Waals surface area contributed by atoms with Gasteiger partial charge in [-0.2, -0.15) is 0 Å². The van der Waals surface area contributed by atoms with Crippen molar-refractivity contribution >= 4 is 0 Å². The minimum absolute atomic E-state index is 0.0700. The van der Waals surface area contributed by atoms with Crippen LogP contribution < -0.4 is 10.1 Å². The van der Waals surface area contributed by atoms with Crippen LogP contribution in [0.4, 0.5) is 4.39 Å². The topological polar surface area (TPSA) is 41.5 Å². The summed E-state index contributed by atoms with van der Waals surface area (Å²) in [6.45, 7) is 3.47. The molecule has 1 aromatic carbocycles. The number of fused-ring (bicyclic) bond motifs is 1. The Kier molecular flexibility index (Phi) is 4.55. The second-order valence-corrected chi connectivity index (χ2v) is 4.75. The third-order valence-electron chi connectivity index (χ3n) is 3.26. The van der Waals surface area contributed by atoms with Crippen molar-refractivity contribution in [1.29, 1.82) is 0 Å². The van der Waals surface area contributed by atoms with E-state index in [9.17, 15) is 9.50 Å². The molecule has 1 aromatic rings. The fraction of sp³-hybridized carbons (Fsp3) is 0.571. The van der Waals surface area contributed by atoms with Crippen LogP contribution in [0.1, 0.15) is 25.3 Å². The monoisotopic (exact) mass is 253 g/mol. The average Bonchev–Trinajstić information content (AvgIpc) is 2.76. The lowest BCUT2D eigenvalue weighted by Gasteiger charge is -2.13. The minimum atomic E-state index is -0.228. The molecule has 0 radical (unpaired) electrons. The number of nitrogens with one attached hydrogen (secondary N) is 1. The maximum Gasteiger partial charge on any atom is 0.123 e. The van der Waals surface area contributed by atoms with E-state index in [0.717, 1.165) is 43.7 Å². The van der Waals surface area contributed by atoms with E-state index in [1.807, 2.05) is 6.92 Å². The van der Waals surface area contributed by atoms with Crippen LogP contribution in [0.3, 0.4) is 0 Å². The Labute approximate surface area is 107 Å². The SMILES string of the molecule is CCC(O)CCNCC1Cc2cc(F)ccc2O1. The van der Waals surface area contributed by atoms with Gasteiger partial charge < -0.3 is 15.2 Å². The van der Waals surface area contributed by atoms with Crippen LogP contribution in [0.15, 0.2) is 18.2 Å². The van der Waals surface area contributed by atoms with E-state index in [4.69, 9.17) is 4.74 Å². The highest BCUT2D eigenvalue weighted by Crippen LogP contribution is 2.28. The number of aliphatic hydroxyl groups excluding tert-OH is 1. The summed E-state index contributed by atoms with van der Waals surface area (Å²) in [5.41, 5.74) is 0.940. The Bertz CT molecular complexity index is 397. The lowest BCUT2D eigenvalue weighted by atomic mass is 10.1. The molecule has 3 nitrogen and oxygen atoms in total. The van der Waals surface area contributed by atoms with Crippen LogP contribution in [0.5, 0.6) is 5.75 Å². The second-order valence-electron chi connectivity index (χ2n) is 4.75. The average molecular weight is 253 g/mol. The van der Waals surface area contributed by atoms with Gasteiger partial charge in [0.1, 0.15) is 17.7 Å². The first-order valence-electron chi connectivity index (χ1n) is 6.53. The number of hydrogen-bond donors (Lipinski definition) is 2. The molecule has 0 bridgehead atoms. The van der Waals surface area contributed by atoms with E-state index >= 15 is 0 Å². The predicted octanol–water partition coefficient (Wildman–Crippen LogP) is 1.88. The van der Waals surface area contributed by atoms with Gasteiger partial charge in [-0.1, -0.05) is 6.92 Å². The van der Waals surface area contributed by atoms with Crippen LogP contribution >= 0.6 is 0 Å². The highest BCUT2D eigenvalue weighted by atomic mass is 19.1. The molecule has 2 N–H and O–H groups in total. The smallest absolute Gasteiger partial charge is 0.123 e. The third kappa shape index (κ3) is 3.43. The number of rotatable bonds is 6.